The van der Waals surface area contributed by atoms with Crippen LogP contribution in [0.25, 0.3) is 0 Å². The predicted octanol–water partition coefficient (Wildman–Crippen LogP) is 4.34. The zero-order valence-corrected chi connectivity index (χ0v) is 22.7. The first kappa shape index (κ1) is 28.8. The van der Waals surface area contributed by atoms with E-state index in [2.05, 4.69) is 25.9 Å². The van der Waals surface area contributed by atoms with Gasteiger partial charge in [0, 0.05) is 29.9 Å². The predicted molar refractivity (Wildman–Crippen MR) is 150 cm³/mol. The topological polar surface area (TPSA) is 134 Å². The number of benzene rings is 2. The first-order chi connectivity index (χ1) is 19.0. The molecule has 0 bridgehead atoms. The van der Waals surface area contributed by atoms with Gasteiger partial charge in [-0.3, -0.25) is 10.1 Å². The van der Waals surface area contributed by atoms with E-state index in [4.69, 9.17) is 22.7 Å². The summed E-state index contributed by atoms with van der Waals surface area (Å²) in [6, 6.07) is 10.5. The third-order valence-corrected chi connectivity index (χ3v) is 6.39. The summed E-state index contributed by atoms with van der Waals surface area (Å²) in [4.78, 5) is 34.7. The molecule has 1 saturated heterocycles. The third-order valence-electron chi connectivity index (χ3n) is 6.18. The number of hydrogen-bond donors (Lipinski definition) is 4. The molecule has 1 aromatic heterocycles. The number of nitrogens with two attached hydrogens (primary N) is 1. The van der Waals surface area contributed by atoms with Crippen LogP contribution in [0.2, 0.25) is 0 Å². The van der Waals surface area contributed by atoms with Crippen LogP contribution in [0.15, 0.2) is 54.9 Å². The number of ether oxygens (including phenoxy) is 1. The Morgan fingerprint density at radius 3 is 2.58 bits per heavy atom. The molecule has 10 nitrogen and oxygen atoms in total. The molecule has 1 atom stereocenters. The highest BCUT2D eigenvalue weighted by Crippen LogP contribution is 2.28. The van der Waals surface area contributed by atoms with Gasteiger partial charge in [-0.1, -0.05) is 12.1 Å². The molecule has 13 heteroatoms. The molecule has 3 aromatic rings. The van der Waals surface area contributed by atoms with E-state index >= 15 is 0 Å². The van der Waals surface area contributed by atoms with Crippen LogP contribution >= 0.6 is 12.2 Å². The van der Waals surface area contributed by atoms with Crippen LogP contribution in [-0.2, 0) is 11.2 Å². The standard InChI is InChI=1S/C27H29F2N7O3S/c1-27(2,30)21-4-3-11-36(21)26(38)34-22-14-24(32-15-31-22)39-20-10-9-18(13-19(20)29)33-25(40)35-23(37)12-16-5-7-17(28)8-6-16/h5-10,13-15,21H,3-4,11-12,30H2,1-2H3,(H,31,32,34,38)(H2,33,35,37,40)/t21-/m1/s1. The van der Waals surface area contributed by atoms with Crippen LogP contribution in [-0.4, -0.2) is 50.0 Å². The van der Waals surface area contributed by atoms with E-state index < -0.39 is 23.1 Å². The van der Waals surface area contributed by atoms with Crippen molar-refractivity contribution in [1.82, 2.24) is 20.2 Å². The number of carbonyl (C=O) groups excluding carboxylic acids is 2. The van der Waals surface area contributed by atoms with Gasteiger partial charge in [0.15, 0.2) is 16.7 Å². The number of urea groups is 1. The number of anilines is 2. The number of thiocarbonyl (C=S) groups is 1. The average molecular weight is 570 g/mol. The molecule has 2 aromatic carbocycles. The van der Waals surface area contributed by atoms with Gasteiger partial charge < -0.3 is 26.0 Å². The van der Waals surface area contributed by atoms with Crippen molar-refractivity contribution in [1.29, 1.82) is 0 Å². The smallest absolute Gasteiger partial charge is 0.323 e. The van der Waals surface area contributed by atoms with E-state index in [1.54, 1.807) is 4.90 Å². The van der Waals surface area contributed by atoms with E-state index in [1.165, 1.54) is 48.8 Å². The zero-order chi connectivity index (χ0) is 28.9. The van der Waals surface area contributed by atoms with Gasteiger partial charge in [-0.15, -0.1) is 0 Å². The summed E-state index contributed by atoms with van der Waals surface area (Å²) in [6.45, 7) is 4.35. The van der Waals surface area contributed by atoms with Crippen molar-refractivity contribution in [2.75, 3.05) is 17.2 Å². The van der Waals surface area contributed by atoms with E-state index in [0.29, 0.717) is 12.1 Å². The minimum absolute atomic E-state index is 0.00572. The lowest BCUT2D eigenvalue weighted by Crippen LogP contribution is -2.54. The lowest BCUT2D eigenvalue weighted by molar-refractivity contribution is -0.119. The summed E-state index contributed by atoms with van der Waals surface area (Å²) in [5, 5.41) is 7.91. The van der Waals surface area contributed by atoms with Gasteiger partial charge in [-0.05, 0) is 68.7 Å². The van der Waals surface area contributed by atoms with Gasteiger partial charge in [-0.2, -0.15) is 0 Å². The van der Waals surface area contributed by atoms with Crippen LogP contribution < -0.4 is 26.4 Å². The van der Waals surface area contributed by atoms with E-state index in [0.717, 1.165) is 18.9 Å². The fraction of sp³-hybridized carbons (Fsp3) is 0.296. The Balaban J connectivity index is 1.33. The molecule has 210 valence electrons. The number of likely N-dealkylation sites (tertiary alicyclic amines) is 1. The van der Waals surface area contributed by atoms with Crippen LogP contribution in [0, 0.1) is 11.6 Å². The van der Waals surface area contributed by atoms with Gasteiger partial charge in [0.25, 0.3) is 0 Å². The number of nitrogens with zero attached hydrogens (tertiary/aromatic N) is 3. The zero-order valence-electron chi connectivity index (χ0n) is 21.9. The Morgan fingerprint density at radius 2 is 1.88 bits per heavy atom. The second kappa shape index (κ2) is 12.3. The van der Waals surface area contributed by atoms with Gasteiger partial charge in [0.2, 0.25) is 11.8 Å². The van der Waals surface area contributed by atoms with Gasteiger partial charge in [0.1, 0.15) is 18.0 Å². The molecule has 3 amide bonds. The summed E-state index contributed by atoms with van der Waals surface area (Å²) in [5.41, 5.74) is 6.57. The fourth-order valence-electron chi connectivity index (χ4n) is 4.32. The highest BCUT2D eigenvalue weighted by molar-refractivity contribution is 7.80. The minimum atomic E-state index is -0.722. The van der Waals surface area contributed by atoms with Gasteiger partial charge in [0.05, 0.1) is 12.5 Å². The number of nitrogens with one attached hydrogen (secondary N) is 3. The minimum Gasteiger partial charge on any atom is -0.436 e. The SMILES string of the molecule is CC(C)(N)[C@H]1CCCN1C(=O)Nc1cc(Oc2ccc(NC(=S)NC(=O)Cc3ccc(F)cc3)cc2F)ncn1. The van der Waals surface area contributed by atoms with Crippen molar-refractivity contribution in [3.05, 3.63) is 72.1 Å². The number of carbonyl (C=O) groups is 2. The molecule has 0 aliphatic carbocycles. The molecule has 0 spiro atoms. The Bertz CT molecular complexity index is 1400. The van der Waals surface area contributed by atoms with Crippen molar-refractivity contribution in [3.8, 4) is 11.6 Å². The van der Waals surface area contributed by atoms with Crippen molar-refractivity contribution in [2.45, 2.75) is 44.7 Å². The summed E-state index contributed by atoms with van der Waals surface area (Å²) < 4.78 is 33.4. The normalized spacial score (nSPS) is 14.9. The molecular weight excluding hydrogens is 540 g/mol. The molecule has 0 radical (unpaired) electrons. The van der Waals surface area contributed by atoms with Crippen molar-refractivity contribution < 1.29 is 23.1 Å². The van der Waals surface area contributed by atoms with E-state index in [-0.39, 0.29) is 46.7 Å². The highest BCUT2D eigenvalue weighted by Gasteiger charge is 2.37. The maximum Gasteiger partial charge on any atom is 0.323 e. The van der Waals surface area contributed by atoms with Crippen LogP contribution in [0.4, 0.5) is 25.1 Å². The number of aromatic nitrogens is 2. The lowest BCUT2D eigenvalue weighted by Gasteiger charge is -2.34. The van der Waals surface area contributed by atoms with Crippen molar-refractivity contribution in [3.63, 3.8) is 0 Å². The third kappa shape index (κ3) is 7.67. The van der Waals surface area contributed by atoms with Gasteiger partial charge >= 0.3 is 6.03 Å². The molecule has 5 N–H and O–H groups in total. The molecule has 1 fully saturated rings. The molecule has 0 unspecified atom stereocenters. The Kier molecular flexibility index (Phi) is 8.85. The molecular formula is C27H29F2N7O3S. The van der Waals surface area contributed by atoms with Crippen molar-refractivity contribution in [2.24, 2.45) is 5.73 Å². The molecule has 0 saturated carbocycles. The second-order valence-corrected chi connectivity index (χ2v) is 10.3. The van der Waals surface area contributed by atoms with Crippen LogP contribution in [0.1, 0.15) is 32.3 Å². The van der Waals surface area contributed by atoms with Gasteiger partial charge in [-0.25, -0.2) is 23.5 Å². The average Bonchev–Trinajstić information content (AvgIpc) is 3.38. The Morgan fingerprint density at radius 1 is 1.12 bits per heavy atom. The molecule has 2 heterocycles. The van der Waals surface area contributed by atoms with E-state index in [9.17, 15) is 18.4 Å². The van der Waals surface area contributed by atoms with Crippen LogP contribution in [0.3, 0.4) is 0 Å². The first-order valence-corrected chi connectivity index (χ1v) is 12.9. The maximum absolute atomic E-state index is 14.8. The number of hydrogen-bond acceptors (Lipinski definition) is 7. The Hall–Kier alpha value is -4.23. The summed E-state index contributed by atoms with van der Waals surface area (Å²) in [7, 11) is 0. The van der Waals surface area contributed by atoms with E-state index in [1.807, 2.05) is 13.8 Å². The first-order valence-electron chi connectivity index (χ1n) is 12.5. The monoisotopic (exact) mass is 569 g/mol. The second-order valence-electron chi connectivity index (χ2n) is 9.90. The maximum atomic E-state index is 14.8. The largest absolute Gasteiger partial charge is 0.436 e. The lowest BCUT2D eigenvalue weighted by atomic mass is 9.94. The fourth-order valence-corrected chi connectivity index (χ4v) is 4.55. The molecule has 4 rings (SSSR count). The number of halogens is 2. The quantitative estimate of drug-likeness (QED) is 0.309. The molecule has 1 aliphatic rings. The summed E-state index contributed by atoms with van der Waals surface area (Å²) in [5.74, 6) is -1.45. The Labute approximate surface area is 235 Å². The number of amides is 3. The number of rotatable bonds is 7. The summed E-state index contributed by atoms with van der Waals surface area (Å²) >= 11 is 5.13. The van der Waals surface area contributed by atoms with Crippen LogP contribution in [0.5, 0.6) is 11.6 Å². The molecule has 40 heavy (non-hydrogen) atoms. The summed E-state index contributed by atoms with van der Waals surface area (Å²) in [6.07, 6.45) is 2.86. The highest BCUT2D eigenvalue weighted by atomic mass is 32.1. The molecule has 1 aliphatic heterocycles. The van der Waals surface area contributed by atoms with Crippen molar-refractivity contribution >= 4 is 40.8 Å².